The van der Waals surface area contributed by atoms with Crippen molar-refractivity contribution in [1.82, 2.24) is 0 Å². The highest BCUT2D eigenvalue weighted by molar-refractivity contribution is 8.06. The maximum atomic E-state index is 9.57. The van der Waals surface area contributed by atoms with E-state index in [4.69, 9.17) is 30.4 Å². The standard InChI is InChI=1S/C16H14N4O4S/c1-21-12-7(3-10-13(14(12)22-2)24-6-23-10)11-8(4-17)15(19)25-16(20)9(11)5-18/h3,11H,6,19-20H2,1-2H3. The lowest BCUT2D eigenvalue weighted by atomic mass is 9.84. The molecule has 9 heteroatoms. The molecule has 2 aliphatic heterocycles. The third-order valence-electron chi connectivity index (χ3n) is 3.89. The molecule has 2 aliphatic rings. The Kier molecular flexibility index (Phi) is 4.26. The van der Waals surface area contributed by atoms with Crippen LogP contribution in [0.3, 0.4) is 0 Å². The van der Waals surface area contributed by atoms with Gasteiger partial charge in [0.15, 0.2) is 11.5 Å². The van der Waals surface area contributed by atoms with Gasteiger partial charge in [-0.05, 0) is 6.07 Å². The number of nitrogens with two attached hydrogens (primary N) is 2. The molecule has 0 fully saturated rings. The molecule has 0 radical (unpaired) electrons. The summed E-state index contributed by atoms with van der Waals surface area (Å²) in [6, 6.07) is 5.79. The van der Waals surface area contributed by atoms with E-state index in [1.54, 1.807) is 6.07 Å². The highest BCUT2D eigenvalue weighted by Crippen LogP contribution is 2.54. The minimum Gasteiger partial charge on any atom is -0.492 e. The van der Waals surface area contributed by atoms with Crippen LogP contribution in [0.15, 0.2) is 27.3 Å². The summed E-state index contributed by atoms with van der Waals surface area (Å²) < 4.78 is 21.8. The Morgan fingerprint density at radius 2 is 1.68 bits per heavy atom. The molecule has 4 N–H and O–H groups in total. The fraction of sp³-hybridized carbons (Fsp3) is 0.250. The van der Waals surface area contributed by atoms with E-state index in [0.29, 0.717) is 28.6 Å². The first-order valence-electron chi connectivity index (χ1n) is 7.09. The largest absolute Gasteiger partial charge is 0.492 e. The van der Waals surface area contributed by atoms with E-state index in [1.165, 1.54) is 14.2 Å². The summed E-state index contributed by atoms with van der Waals surface area (Å²) >= 11 is 0.996. The Labute approximate surface area is 148 Å². The summed E-state index contributed by atoms with van der Waals surface area (Å²) in [5, 5.41) is 19.6. The number of hydrogen-bond acceptors (Lipinski definition) is 9. The topological polar surface area (TPSA) is 137 Å². The molecule has 2 heterocycles. The van der Waals surface area contributed by atoms with Gasteiger partial charge >= 0.3 is 0 Å². The molecule has 1 aromatic rings. The number of allylic oxidation sites excluding steroid dienone is 2. The average Bonchev–Trinajstić information content (AvgIpc) is 3.07. The predicted octanol–water partition coefficient (Wildman–Crippen LogP) is 1.65. The molecule has 0 spiro atoms. The van der Waals surface area contributed by atoms with E-state index in [9.17, 15) is 10.5 Å². The van der Waals surface area contributed by atoms with Crippen molar-refractivity contribution in [2.45, 2.75) is 5.92 Å². The molecule has 0 atom stereocenters. The van der Waals surface area contributed by atoms with Crippen LogP contribution in [0.25, 0.3) is 0 Å². The minimum absolute atomic E-state index is 0.0327. The Hall–Kier alpha value is -3.17. The van der Waals surface area contributed by atoms with Crippen molar-refractivity contribution >= 4 is 11.8 Å². The van der Waals surface area contributed by atoms with Crippen LogP contribution in [0.2, 0.25) is 0 Å². The third-order valence-corrected chi connectivity index (χ3v) is 4.77. The number of thioether (sulfide) groups is 1. The third kappa shape index (κ3) is 2.46. The summed E-state index contributed by atoms with van der Waals surface area (Å²) in [6.45, 7) is 0.0327. The van der Waals surface area contributed by atoms with Crippen LogP contribution in [0, 0.1) is 22.7 Å². The zero-order valence-corrected chi connectivity index (χ0v) is 14.3. The lowest BCUT2D eigenvalue weighted by Gasteiger charge is -2.26. The Bertz CT molecular complexity index is 859. The van der Waals surface area contributed by atoms with Crippen molar-refractivity contribution < 1.29 is 18.9 Å². The van der Waals surface area contributed by atoms with Gasteiger partial charge in [0, 0.05) is 5.56 Å². The summed E-state index contributed by atoms with van der Waals surface area (Å²) in [4.78, 5) is 0. The Balaban J connectivity index is 2.32. The molecule has 0 amide bonds. The van der Waals surface area contributed by atoms with Gasteiger partial charge in [0.25, 0.3) is 0 Å². The van der Waals surface area contributed by atoms with E-state index in [2.05, 4.69) is 12.1 Å². The molecule has 0 saturated heterocycles. The smallest absolute Gasteiger partial charge is 0.231 e. The van der Waals surface area contributed by atoms with E-state index < -0.39 is 5.92 Å². The second-order valence-electron chi connectivity index (χ2n) is 5.08. The van der Waals surface area contributed by atoms with Crippen molar-refractivity contribution in [3.8, 4) is 35.1 Å². The number of ether oxygens (including phenoxy) is 4. The van der Waals surface area contributed by atoms with E-state index >= 15 is 0 Å². The quantitative estimate of drug-likeness (QED) is 0.826. The van der Waals surface area contributed by atoms with Gasteiger partial charge in [0.2, 0.25) is 18.3 Å². The van der Waals surface area contributed by atoms with Crippen molar-refractivity contribution in [3.63, 3.8) is 0 Å². The van der Waals surface area contributed by atoms with Gasteiger partial charge in [-0.1, -0.05) is 11.8 Å². The number of hydrogen-bond donors (Lipinski definition) is 2. The van der Waals surface area contributed by atoms with Crippen LogP contribution in [0.5, 0.6) is 23.0 Å². The van der Waals surface area contributed by atoms with Gasteiger partial charge in [-0.2, -0.15) is 10.5 Å². The van der Waals surface area contributed by atoms with Gasteiger partial charge in [0.05, 0.1) is 53.5 Å². The zero-order chi connectivity index (χ0) is 18.1. The average molecular weight is 358 g/mol. The fourth-order valence-corrected chi connectivity index (χ4v) is 3.62. The SMILES string of the molecule is COc1c(C2C(C#N)=C(N)SC(N)=C2C#N)cc2c(c1OC)OCO2. The number of nitriles is 2. The monoisotopic (exact) mass is 358 g/mol. The number of methoxy groups -OCH3 is 2. The van der Waals surface area contributed by atoms with Crippen LogP contribution < -0.4 is 30.4 Å². The van der Waals surface area contributed by atoms with Crippen molar-refractivity contribution in [3.05, 3.63) is 32.8 Å². The van der Waals surface area contributed by atoms with Gasteiger partial charge in [-0.25, -0.2) is 0 Å². The van der Waals surface area contributed by atoms with Crippen LogP contribution in [-0.2, 0) is 0 Å². The zero-order valence-electron chi connectivity index (χ0n) is 13.5. The predicted molar refractivity (Wildman–Crippen MR) is 89.7 cm³/mol. The summed E-state index contributed by atoms with van der Waals surface area (Å²) in [5.41, 5.74) is 12.9. The normalized spacial score (nSPS) is 16.5. The van der Waals surface area contributed by atoms with Crippen molar-refractivity contribution in [2.24, 2.45) is 11.5 Å². The lowest BCUT2D eigenvalue weighted by molar-refractivity contribution is 0.170. The highest BCUT2D eigenvalue weighted by Gasteiger charge is 2.37. The van der Waals surface area contributed by atoms with E-state index in [1.807, 2.05) is 0 Å². The van der Waals surface area contributed by atoms with Crippen LogP contribution in [0.4, 0.5) is 0 Å². The van der Waals surface area contributed by atoms with Crippen LogP contribution in [0.1, 0.15) is 11.5 Å². The molecule has 0 aromatic heterocycles. The van der Waals surface area contributed by atoms with Gasteiger partial charge in [0.1, 0.15) is 0 Å². The van der Waals surface area contributed by atoms with Crippen molar-refractivity contribution in [2.75, 3.05) is 21.0 Å². The van der Waals surface area contributed by atoms with Crippen molar-refractivity contribution in [1.29, 1.82) is 10.5 Å². The molecular formula is C16H14N4O4S. The van der Waals surface area contributed by atoms with Crippen LogP contribution in [-0.4, -0.2) is 21.0 Å². The van der Waals surface area contributed by atoms with E-state index in [-0.39, 0.29) is 28.0 Å². The molecule has 25 heavy (non-hydrogen) atoms. The maximum Gasteiger partial charge on any atom is 0.231 e. The Morgan fingerprint density at radius 1 is 1.08 bits per heavy atom. The molecule has 0 unspecified atom stereocenters. The summed E-state index contributed by atoms with van der Waals surface area (Å²) in [7, 11) is 2.92. The molecule has 128 valence electrons. The molecule has 0 aliphatic carbocycles. The Morgan fingerprint density at radius 3 is 2.20 bits per heavy atom. The highest BCUT2D eigenvalue weighted by atomic mass is 32.2. The molecule has 3 rings (SSSR count). The molecule has 0 bridgehead atoms. The first kappa shape index (κ1) is 16.7. The molecule has 1 aromatic carbocycles. The fourth-order valence-electron chi connectivity index (χ4n) is 2.83. The lowest BCUT2D eigenvalue weighted by Crippen LogP contribution is -2.19. The number of nitrogens with zero attached hydrogens (tertiary/aromatic N) is 2. The first-order valence-corrected chi connectivity index (χ1v) is 7.90. The minimum atomic E-state index is -0.783. The first-order chi connectivity index (χ1) is 12.1. The van der Waals surface area contributed by atoms with Gasteiger partial charge in [-0.3, -0.25) is 0 Å². The molecular weight excluding hydrogens is 344 g/mol. The van der Waals surface area contributed by atoms with Gasteiger partial charge in [-0.15, -0.1) is 0 Å². The molecule has 8 nitrogen and oxygen atoms in total. The second-order valence-corrected chi connectivity index (χ2v) is 6.16. The second kappa shape index (κ2) is 6.38. The molecule has 0 saturated carbocycles. The summed E-state index contributed by atoms with van der Waals surface area (Å²) in [5.74, 6) is 0.689. The maximum absolute atomic E-state index is 9.57. The number of benzene rings is 1. The van der Waals surface area contributed by atoms with Crippen LogP contribution >= 0.6 is 11.8 Å². The van der Waals surface area contributed by atoms with E-state index in [0.717, 1.165) is 11.8 Å². The number of fused-ring (bicyclic) bond motifs is 1. The number of rotatable bonds is 3. The van der Waals surface area contributed by atoms with Gasteiger partial charge < -0.3 is 30.4 Å². The summed E-state index contributed by atoms with van der Waals surface area (Å²) in [6.07, 6.45) is 0.